The van der Waals surface area contributed by atoms with E-state index in [9.17, 15) is 4.39 Å². The summed E-state index contributed by atoms with van der Waals surface area (Å²) in [6.45, 7) is 2.31. The number of aromatic nitrogens is 1. The fourth-order valence-corrected chi connectivity index (χ4v) is 3.04. The van der Waals surface area contributed by atoms with Gasteiger partial charge in [0.25, 0.3) is 0 Å². The summed E-state index contributed by atoms with van der Waals surface area (Å²) in [6.07, 6.45) is 3.50. The van der Waals surface area contributed by atoms with Crippen molar-refractivity contribution in [2.24, 2.45) is 4.99 Å². The summed E-state index contributed by atoms with van der Waals surface area (Å²) in [4.78, 5) is 10.4. The van der Waals surface area contributed by atoms with E-state index in [2.05, 4.69) is 32.7 Å². The van der Waals surface area contributed by atoms with Gasteiger partial charge in [0, 0.05) is 38.9 Å². The van der Waals surface area contributed by atoms with Crippen LogP contribution in [0, 0.1) is 5.82 Å². The van der Waals surface area contributed by atoms with Gasteiger partial charge in [-0.05, 0) is 30.5 Å². The molecule has 1 unspecified atom stereocenters. The average molecular weight is 469 g/mol. The van der Waals surface area contributed by atoms with Crippen molar-refractivity contribution in [3.8, 4) is 0 Å². The van der Waals surface area contributed by atoms with Crippen LogP contribution in [0.1, 0.15) is 12.0 Å². The molecule has 0 spiro atoms. The predicted octanol–water partition coefficient (Wildman–Crippen LogP) is 2.83. The summed E-state index contributed by atoms with van der Waals surface area (Å²) < 4.78 is 13.9. The second-order valence-electron chi connectivity index (χ2n) is 6.12. The number of rotatable bonds is 5. The molecule has 1 aliphatic rings. The molecule has 1 aromatic carbocycles. The molecule has 7 heteroatoms. The normalized spacial score (nSPS) is 16.9. The van der Waals surface area contributed by atoms with E-state index in [1.54, 1.807) is 19.3 Å². The summed E-state index contributed by atoms with van der Waals surface area (Å²) in [5.41, 5.74) is 1.29. The smallest absolute Gasteiger partial charge is 0.191 e. The molecule has 0 aliphatic carbocycles. The van der Waals surface area contributed by atoms with Crippen LogP contribution in [0.4, 0.5) is 10.2 Å². The van der Waals surface area contributed by atoms with E-state index in [4.69, 9.17) is 0 Å². The zero-order valence-electron chi connectivity index (χ0n) is 14.9. The van der Waals surface area contributed by atoms with Crippen LogP contribution in [0.5, 0.6) is 0 Å². The molecule has 140 valence electrons. The maximum Gasteiger partial charge on any atom is 0.191 e. The van der Waals surface area contributed by atoms with Crippen LogP contribution < -0.4 is 15.5 Å². The zero-order valence-corrected chi connectivity index (χ0v) is 17.2. The van der Waals surface area contributed by atoms with E-state index >= 15 is 0 Å². The van der Waals surface area contributed by atoms with Crippen molar-refractivity contribution in [2.45, 2.75) is 18.9 Å². The predicted molar refractivity (Wildman–Crippen MR) is 115 cm³/mol. The third-order valence-electron chi connectivity index (χ3n) is 4.34. The van der Waals surface area contributed by atoms with Gasteiger partial charge in [-0.25, -0.2) is 9.37 Å². The molecule has 26 heavy (non-hydrogen) atoms. The quantitative estimate of drug-likeness (QED) is 0.402. The molecule has 0 saturated carbocycles. The van der Waals surface area contributed by atoms with E-state index in [0.717, 1.165) is 31.9 Å². The van der Waals surface area contributed by atoms with Gasteiger partial charge in [0.2, 0.25) is 0 Å². The number of nitrogens with one attached hydrogen (secondary N) is 2. The van der Waals surface area contributed by atoms with Crippen molar-refractivity contribution in [1.82, 2.24) is 15.6 Å². The standard InChI is InChI=1S/C19H24FN5.HI/c1-21-19(23-12-9-15-6-3-2-4-7-15)24-16-10-13-25(14-16)18-17(20)8-5-11-22-18;/h2-8,11,16H,9-10,12-14H2,1H3,(H2,21,23,24);1H. The molecule has 2 N–H and O–H groups in total. The number of hydrogen-bond donors (Lipinski definition) is 2. The van der Waals surface area contributed by atoms with Gasteiger partial charge in [0.05, 0.1) is 0 Å². The highest BCUT2D eigenvalue weighted by molar-refractivity contribution is 14.0. The Morgan fingerprint density at radius 1 is 1.27 bits per heavy atom. The van der Waals surface area contributed by atoms with Gasteiger partial charge >= 0.3 is 0 Å². The lowest BCUT2D eigenvalue weighted by Crippen LogP contribution is -2.45. The van der Waals surface area contributed by atoms with Crippen LogP contribution in [0.25, 0.3) is 0 Å². The lowest BCUT2D eigenvalue weighted by atomic mass is 10.1. The number of benzene rings is 1. The summed E-state index contributed by atoms with van der Waals surface area (Å²) >= 11 is 0. The van der Waals surface area contributed by atoms with Gasteiger partial charge in [0.1, 0.15) is 0 Å². The molecule has 1 aliphatic heterocycles. The van der Waals surface area contributed by atoms with E-state index in [0.29, 0.717) is 12.4 Å². The van der Waals surface area contributed by atoms with E-state index in [1.165, 1.54) is 11.6 Å². The van der Waals surface area contributed by atoms with Crippen LogP contribution in [-0.4, -0.2) is 43.7 Å². The van der Waals surface area contributed by atoms with Gasteiger partial charge in [0.15, 0.2) is 17.6 Å². The van der Waals surface area contributed by atoms with Crippen LogP contribution in [-0.2, 0) is 6.42 Å². The van der Waals surface area contributed by atoms with Crippen LogP contribution in [0.2, 0.25) is 0 Å². The molecular formula is C19H25FIN5. The first kappa shape index (κ1) is 20.4. The second-order valence-corrected chi connectivity index (χ2v) is 6.12. The molecule has 1 saturated heterocycles. The Bertz CT molecular complexity index is 710. The first-order chi connectivity index (χ1) is 12.3. The van der Waals surface area contributed by atoms with Crippen molar-refractivity contribution >= 4 is 35.8 Å². The van der Waals surface area contributed by atoms with Crippen LogP contribution in [0.15, 0.2) is 53.7 Å². The third-order valence-corrected chi connectivity index (χ3v) is 4.34. The number of hydrogen-bond acceptors (Lipinski definition) is 3. The summed E-state index contributed by atoms with van der Waals surface area (Å²) in [6, 6.07) is 13.6. The van der Waals surface area contributed by atoms with Crippen molar-refractivity contribution in [3.05, 3.63) is 60.0 Å². The van der Waals surface area contributed by atoms with Gasteiger partial charge in [-0.2, -0.15) is 0 Å². The lowest BCUT2D eigenvalue weighted by Gasteiger charge is -2.20. The van der Waals surface area contributed by atoms with Gasteiger partial charge in [-0.3, -0.25) is 4.99 Å². The molecule has 5 nitrogen and oxygen atoms in total. The first-order valence-corrected chi connectivity index (χ1v) is 8.63. The molecule has 1 atom stereocenters. The van der Waals surface area contributed by atoms with Crippen LogP contribution in [0.3, 0.4) is 0 Å². The Hall–Kier alpha value is -1.90. The van der Waals surface area contributed by atoms with E-state index in [-0.39, 0.29) is 35.8 Å². The minimum Gasteiger partial charge on any atom is -0.356 e. The molecule has 2 heterocycles. The Morgan fingerprint density at radius 3 is 2.81 bits per heavy atom. The maximum absolute atomic E-state index is 13.9. The summed E-state index contributed by atoms with van der Waals surface area (Å²) in [7, 11) is 1.77. The molecule has 2 aromatic rings. The number of aliphatic imine (C=N–C) groups is 1. The molecule has 1 fully saturated rings. The molecule has 0 bridgehead atoms. The second kappa shape index (κ2) is 10.3. The zero-order chi connectivity index (χ0) is 17.5. The van der Waals surface area contributed by atoms with Gasteiger partial charge < -0.3 is 15.5 Å². The van der Waals surface area contributed by atoms with E-state index in [1.807, 2.05) is 23.1 Å². The Balaban J connectivity index is 0.00000243. The minimum absolute atomic E-state index is 0. The number of halogens is 2. The Morgan fingerprint density at radius 2 is 2.08 bits per heavy atom. The highest BCUT2D eigenvalue weighted by Gasteiger charge is 2.25. The summed E-state index contributed by atoms with van der Waals surface area (Å²) in [5.74, 6) is 0.941. The molecule has 3 rings (SSSR count). The van der Waals surface area contributed by atoms with Crippen molar-refractivity contribution in [3.63, 3.8) is 0 Å². The summed E-state index contributed by atoms with van der Waals surface area (Å²) in [5, 5.41) is 6.76. The number of pyridine rings is 1. The van der Waals surface area contributed by atoms with Gasteiger partial charge in [-0.15, -0.1) is 24.0 Å². The SMILES string of the molecule is CN=C(NCCc1ccccc1)NC1CCN(c2ncccc2F)C1.I. The fourth-order valence-electron chi connectivity index (χ4n) is 3.04. The number of nitrogens with zero attached hydrogens (tertiary/aromatic N) is 3. The number of guanidine groups is 1. The highest BCUT2D eigenvalue weighted by Crippen LogP contribution is 2.20. The third kappa shape index (κ3) is 5.55. The lowest BCUT2D eigenvalue weighted by molar-refractivity contribution is 0.612. The molecule has 1 aromatic heterocycles. The Kier molecular flexibility index (Phi) is 8.08. The van der Waals surface area contributed by atoms with Gasteiger partial charge in [-0.1, -0.05) is 30.3 Å². The molecular weight excluding hydrogens is 444 g/mol. The minimum atomic E-state index is -0.270. The van der Waals surface area contributed by atoms with Crippen molar-refractivity contribution < 1.29 is 4.39 Å². The molecule has 0 radical (unpaired) electrons. The Labute approximate surface area is 171 Å². The highest BCUT2D eigenvalue weighted by atomic mass is 127. The molecule has 0 amide bonds. The number of anilines is 1. The average Bonchev–Trinajstić information content (AvgIpc) is 3.10. The van der Waals surface area contributed by atoms with Crippen molar-refractivity contribution in [2.75, 3.05) is 31.6 Å². The fraction of sp³-hybridized carbons (Fsp3) is 0.368. The monoisotopic (exact) mass is 469 g/mol. The largest absolute Gasteiger partial charge is 0.356 e. The topological polar surface area (TPSA) is 52.6 Å². The van der Waals surface area contributed by atoms with Crippen molar-refractivity contribution in [1.29, 1.82) is 0 Å². The first-order valence-electron chi connectivity index (χ1n) is 8.63. The maximum atomic E-state index is 13.9. The van der Waals surface area contributed by atoms with E-state index < -0.39 is 0 Å². The van der Waals surface area contributed by atoms with Crippen LogP contribution >= 0.6 is 24.0 Å².